The molecule has 0 aliphatic carbocycles. The van der Waals surface area contributed by atoms with E-state index in [-0.39, 0.29) is 4.75 Å². The summed E-state index contributed by atoms with van der Waals surface area (Å²) in [6.45, 7) is 13.7. The summed E-state index contributed by atoms with van der Waals surface area (Å²) in [5, 5.41) is 0. The summed E-state index contributed by atoms with van der Waals surface area (Å²) in [6.07, 6.45) is 8.51. The van der Waals surface area contributed by atoms with E-state index in [9.17, 15) is 4.79 Å². The number of benzene rings is 1. The molecule has 0 saturated heterocycles. The number of halogens is 1. The summed E-state index contributed by atoms with van der Waals surface area (Å²) in [7, 11) is 0.892. The molecule has 0 aromatic heterocycles. The summed E-state index contributed by atoms with van der Waals surface area (Å²) in [6, 6.07) is 9.17. The van der Waals surface area contributed by atoms with Crippen molar-refractivity contribution >= 4 is 34.8 Å². The monoisotopic (exact) mass is 478 g/mol. The standard InChI is InChI=1S/C7H5O.2C6H15P.BrH.Ni/c8-6-7-4-2-1-3-5-7;2*1-4-7(5-2)6-3;;/h1-5H;2*4-6H2,1-3H3;1H;/q;;;;+1/p-1. The fourth-order valence-corrected chi connectivity index (χ4v) is 5.49. The van der Waals surface area contributed by atoms with Crippen molar-refractivity contribution in [2.24, 2.45) is 0 Å². The van der Waals surface area contributed by atoms with Crippen molar-refractivity contribution in [3.05, 3.63) is 35.9 Å². The van der Waals surface area contributed by atoms with Crippen molar-refractivity contribution in [1.29, 1.82) is 0 Å². The van der Waals surface area contributed by atoms with Gasteiger partial charge in [0.25, 0.3) is 0 Å². The van der Waals surface area contributed by atoms with E-state index in [1.54, 1.807) is 12.1 Å². The molecule has 0 aliphatic rings. The molecular formula is C19H35BrNiOP2. The van der Waals surface area contributed by atoms with E-state index in [1.807, 2.05) is 18.2 Å². The second kappa shape index (κ2) is 20.0. The van der Waals surface area contributed by atoms with Gasteiger partial charge in [0.1, 0.15) is 0 Å². The molecule has 144 valence electrons. The van der Waals surface area contributed by atoms with Crippen LogP contribution in [0.25, 0.3) is 0 Å². The van der Waals surface area contributed by atoms with Gasteiger partial charge in [-0.3, -0.25) is 0 Å². The average molecular weight is 480 g/mol. The third kappa shape index (κ3) is 15.0. The van der Waals surface area contributed by atoms with Crippen LogP contribution in [0, 0.1) is 0 Å². The molecule has 1 aromatic rings. The Morgan fingerprint density at radius 3 is 1.33 bits per heavy atom. The first-order valence-electron chi connectivity index (χ1n) is 8.78. The van der Waals surface area contributed by atoms with Crippen molar-refractivity contribution in [2.45, 2.75) is 41.5 Å². The van der Waals surface area contributed by atoms with Crippen LogP contribution in [0.3, 0.4) is 0 Å². The van der Waals surface area contributed by atoms with E-state index in [1.165, 1.54) is 37.0 Å². The maximum absolute atomic E-state index is 10.9. The zero-order valence-electron chi connectivity index (χ0n) is 16.1. The Hall–Kier alpha value is 0.724. The molecule has 24 heavy (non-hydrogen) atoms. The summed E-state index contributed by atoms with van der Waals surface area (Å²) < 4.78 is 0.0631. The van der Waals surface area contributed by atoms with Crippen molar-refractivity contribution in [3.8, 4) is 0 Å². The van der Waals surface area contributed by atoms with Crippen LogP contribution in [-0.2, 0) is 12.7 Å². The van der Waals surface area contributed by atoms with Gasteiger partial charge in [0, 0.05) is 0 Å². The van der Waals surface area contributed by atoms with Crippen LogP contribution in [0.5, 0.6) is 0 Å². The van der Waals surface area contributed by atoms with Crippen LogP contribution in [0.1, 0.15) is 51.9 Å². The van der Waals surface area contributed by atoms with Gasteiger partial charge >= 0.3 is 72.3 Å². The normalized spacial score (nSPS) is 10.0. The first-order valence-corrected chi connectivity index (χ1v) is 15.5. The van der Waals surface area contributed by atoms with Crippen LogP contribution in [0.4, 0.5) is 0 Å². The Labute approximate surface area is 166 Å². The molecule has 0 amide bonds. The van der Waals surface area contributed by atoms with Gasteiger partial charge in [-0.05, 0) is 37.0 Å². The van der Waals surface area contributed by atoms with E-state index in [2.05, 4.69) is 55.8 Å². The summed E-state index contributed by atoms with van der Waals surface area (Å²) in [5.74, 6) is 0. The Bertz CT molecular complexity index is 359. The predicted octanol–water partition coefficient (Wildman–Crippen LogP) is 7.28. The third-order valence-corrected chi connectivity index (χ3v) is 10.5. The van der Waals surface area contributed by atoms with Crippen LogP contribution in [-0.4, -0.2) is 41.7 Å². The molecule has 0 radical (unpaired) electrons. The molecule has 1 nitrogen and oxygen atoms in total. The van der Waals surface area contributed by atoms with Crippen molar-refractivity contribution in [2.75, 3.05) is 37.0 Å². The predicted molar refractivity (Wildman–Crippen MR) is 117 cm³/mol. The molecule has 0 spiro atoms. The van der Waals surface area contributed by atoms with Crippen molar-refractivity contribution < 1.29 is 17.5 Å². The van der Waals surface area contributed by atoms with Gasteiger partial charge in [-0.2, -0.15) is 0 Å². The molecule has 0 unspecified atom stereocenters. The average Bonchev–Trinajstić information content (AvgIpc) is 2.66. The molecule has 1 rings (SSSR count). The summed E-state index contributed by atoms with van der Waals surface area (Å²) in [4.78, 5) is 10.9. The van der Waals surface area contributed by atoms with Crippen LogP contribution in [0.15, 0.2) is 30.3 Å². The zero-order chi connectivity index (χ0) is 18.8. The molecule has 0 bridgehead atoms. The minimum absolute atomic E-state index is 0.0631. The fraction of sp³-hybridized carbons (Fsp3) is 0.632. The zero-order valence-corrected chi connectivity index (χ0v) is 20.5. The molecule has 0 fully saturated rings. The van der Waals surface area contributed by atoms with Crippen LogP contribution < -0.4 is 0 Å². The molecular weight excluding hydrogens is 445 g/mol. The Morgan fingerprint density at radius 1 is 0.792 bits per heavy atom. The third-order valence-electron chi connectivity index (χ3n) is 3.72. The SMILES string of the molecule is CCP(CC)CC.CCP(CC)CC.O=[C]([Ni][Br])c1ccccc1. The number of carbonyl (C=O) groups excluding carboxylic acids is 1. The number of hydrogen-bond donors (Lipinski definition) is 0. The van der Waals surface area contributed by atoms with Crippen LogP contribution >= 0.6 is 30.1 Å². The quantitative estimate of drug-likeness (QED) is 0.283. The Balaban J connectivity index is 0. The van der Waals surface area contributed by atoms with E-state index < -0.39 is 0 Å². The number of hydrogen-bond acceptors (Lipinski definition) is 1. The second-order valence-corrected chi connectivity index (χ2v) is 13.1. The van der Waals surface area contributed by atoms with Gasteiger partial charge in [0.05, 0.1) is 0 Å². The van der Waals surface area contributed by atoms with E-state index >= 15 is 0 Å². The van der Waals surface area contributed by atoms with Crippen molar-refractivity contribution in [3.63, 3.8) is 0 Å². The van der Waals surface area contributed by atoms with Gasteiger partial charge < -0.3 is 0 Å². The molecule has 0 saturated carbocycles. The van der Waals surface area contributed by atoms with Gasteiger partial charge in [0.2, 0.25) is 0 Å². The molecule has 0 aliphatic heterocycles. The second-order valence-electron chi connectivity index (χ2n) is 4.91. The molecule has 0 heterocycles. The molecule has 0 atom stereocenters. The Kier molecular flexibility index (Phi) is 22.5. The molecule has 5 heteroatoms. The van der Waals surface area contributed by atoms with Crippen LogP contribution in [0.2, 0.25) is 0 Å². The van der Waals surface area contributed by atoms with E-state index in [4.69, 9.17) is 0 Å². The van der Waals surface area contributed by atoms with Crippen molar-refractivity contribution in [1.82, 2.24) is 0 Å². The first-order chi connectivity index (χ1) is 11.5. The minimum atomic E-state index is 0.0631. The summed E-state index contributed by atoms with van der Waals surface area (Å²) in [5.41, 5.74) is 0.736. The topological polar surface area (TPSA) is 17.1 Å². The first kappa shape index (κ1) is 26.9. The fourth-order valence-electron chi connectivity index (χ4n) is 1.94. The molecule has 1 aromatic carbocycles. The Morgan fingerprint density at radius 2 is 1.12 bits per heavy atom. The van der Waals surface area contributed by atoms with Gasteiger partial charge in [-0.1, -0.05) is 41.5 Å². The molecule has 0 N–H and O–H groups in total. The van der Waals surface area contributed by atoms with E-state index in [0.29, 0.717) is 15.8 Å². The number of carbonyl (C=O) groups is 1. The van der Waals surface area contributed by atoms with Gasteiger partial charge in [-0.15, -0.1) is 15.8 Å². The van der Waals surface area contributed by atoms with Gasteiger partial charge in [0.15, 0.2) is 0 Å². The maximum atomic E-state index is 10.9. The van der Waals surface area contributed by atoms with E-state index in [0.717, 1.165) is 18.2 Å². The van der Waals surface area contributed by atoms with Gasteiger partial charge in [-0.25, -0.2) is 0 Å². The summed E-state index contributed by atoms with van der Waals surface area (Å²) >= 11 is 3.93. The number of rotatable bonds is 8.